The van der Waals surface area contributed by atoms with Crippen molar-refractivity contribution in [2.75, 3.05) is 34.0 Å². The van der Waals surface area contributed by atoms with E-state index in [1.165, 1.54) is 57.1 Å². The number of carbonyl (C=O) groups excluding carboxylic acids is 3. The van der Waals surface area contributed by atoms with Crippen LogP contribution >= 0.6 is 0 Å². The van der Waals surface area contributed by atoms with Gasteiger partial charge in [0.1, 0.15) is 43.2 Å². The number of hydrogen-bond acceptors (Lipinski definition) is 12. The van der Waals surface area contributed by atoms with Crippen molar-refractivity contribution in [1.29, 1.82) is 0 Å². The van der Waals surface area contributed by atoms with E-state index in [0.29, 0.717) is 19.8 Å². The Labute approximate surface area is 510 Å². The highest BCUT2D eigenvalue weighted by atomic mass is 16.5. The van der Waals surface area contributed by atoms with Gasteiger partial charge in [-0.3, -0.25) is 19.2 Å². The first-order chi connectivity index (χ1) is 41.5. The summed E-state index contributed by atoms with van der Waals surface area (Å²) in [4.78, 5) is 45.5. The normalized spacial score (nSPS) is 24.5. The fourth-order valence-electron chi connectivity index (χ4n) is 13.7. The Morgan fingerprint density at radius 3 is 1.14 bits per heavy atom. The minimum atomic E-state index is -0.849. The first-order valence-corrected chi connectivity index (χ1v) is 30.9. The monoisotopic (exact) mass is 1170 g/mol. The summed E-state index contributed by atoms with van der Waals surface area (Å²) in [6.07, 6.45) is 26.2. The minimum Gasteiger partial charge on any atom is -0.489 e. The van der Waals surface area contributed by atoms with Gasteiger partial charge >= 0.3 is 23.9 Å². The molecule has 0 aromatic heterocycles. The Morgan fingerprint density at radius 1 is 0.500 bits per heavy atom. The summed E-state index contributed by atoms with van der Waals surface area (Å²) in [5, 5.41) is 28.9. The Bertz CT molecular complexity index is 3050. The van der Waals surface area contributed by atoms with Crippen LogP contribution in [0.5, 0.6) is 17.2 Å². The summed E-state index contributed by atoms with van der Waals surface area (Å²) in [5.41, 5.74) is 7.37. The second kappa shape index (κ2) is 32.5. The highest BCUT2D eigenvalue weighted by Gasteiger charge is 2.41. The van der Waals surface area contributed by atoms with Crippen LogP contribution in [0.4, 0.5) is 0 Å². The lowest BCUT2D eigenvalue weighted by atomic mass is 9.75. The highest BCUT2D eigenvalue weighted by molar-refractivity contribution is 5.72. The number of hydrogen-bond donors (Lipinski definition) is 3. The van der Waals surface area contributed by atoms with Crippen LogP contribution in [0.25, 0.3) is 0 Å². The topological polar surface area (TPSA) is 184 Å². The number of carboxylic acids is 1. The van der Waals surface area contributed by atoms with Gasteiger partial charge in [-0.2, -0.15) is 0 Å². The number of benzene rings is 3. The third kappa shape index (κ3) is 20.2. The minimum absolute atomic E-state index is 0.00185. The molecular formula is C73H90O13. The molecule has 13 nitrogen and oxygen atoms in total. The zero-order valence-corrected chi connectivity index (χ0v) is 51.5. The van der Waals surface area contributed by atoms with Gasteiger partial charge < -0.3 is 43.7 Å². The number of aliphatic hydroxyl groups excluding tert-OH is 2. The van der Waals surface area contributed by atoms with Gasteiger partial charge in [0.25, 0.3) is 0 Å². The van der Waals surface area contributed by atoms with Crippen molar-refractivity contribution in [2.45, 2.75) is 199 Å². The molecule has 9 rings (SSSR count). The first-order valence-electron chi connectivity index (χ1n) is 30.9. The molecule has 0 aliphatic heterocycles. The van der Waals surface area contributed by atoms with Crippen molar-refractivity contribution >= 4 is 23.9 Å². The van der Waals surface area contributed by atoms with Crippen molar-refractivity contribution in [3.8, 4) is 52.8 Å². The average molecular weight is 1180 g/mol. The maximum Gasteiger partial charge on any atom is 0.307 e. The molecule has 6 aliphatic rings. The van der Waals surface area contributed by atoms with Gasteiger partial charge in [0, 0.05) is 6.92 Å². The van der Waals surface area contributed by atoms with Crippen LogP contribution < -0.4 is 14.2 Å². The Hall–Kier alpha value is -7.24. The maximum atomic E-state index is 11.6. The van der Waals surface area contributed by atoms with Gasteiger partial charge in [-0.1, -0.05) is 72.4 Å². The van der Waals surface area contributed by atoms with E-state index in [9.17, 15) is 29.4 Å². The number of aliphatic carboxylic acids is 1. The number of allylic oxidation sites excluding steroid dienone is 3. The highest BCUT2D eigenvalue weighted by Crippen LogP contribution is 2.50. The van der Waals surface area contributed by atoms with Crippen LogP contribution in [-0.4, -0.2) is 91.5 Å². The SMILES string of the molecule is CC#C[C@@H](CC(=O)O)c1ccc(OCC2=C[C@]3(CCC2)CC[C@H](O)C3)cc1.CC#C[C@@H](CC(=O)OC)c1ccc(OCC2=C[C@]3(CCC2)CC[C@@H](O)C3)cc1.CC#C[C@@H](CC(=O)OC)c1ccc(OCC2=C[C@]3(CCC2)CC[C@H](OC(C)=O)C3)cc1. The first kappa shape index (κ1) is 66.3. The van der Waals surface area contributed by atoms with Crippen LogP contribution in [0.3, 0.4) is 0 Å². The van der Waals surface area contributed by atoms with E-state index in [4.69, 9.17) is 33.5 Å². The van der Waals surface area contributed by atoms with E-state index in [-0.39, 0.29) is 89.5 Å². The van der Waals surface area contributed by atoms with E-state index in [1.807, 2.05) is 72.8 Å². The van der Waals surface area contributed by atoms with Crippen molar-refractivity contribution in [3.63, 3.8) is 0 Å². The third-order valence-electron chi connectivity index (χ3n) is 17.9. The molecule has 3 saturated carbocycles. The molecule has 0 bridgehead atoms. The molecule has 3 aromatic rings. The third-order valence-corrected chi connectivity index (χ3v) is 17.9. The molecular weight excluding hydrogens is 1080 g/mol. The summed E-state index contributed by atoms with van der Waals surface area (Å²) in [6.45, 7) is 8.49. The summed E-state index contributed by atoms with van der Waals surface area (Å²) in [5.74, 6) is 17.9. The maximum absolute atomic E-state index is 11.6. The Morgan fingerprint density at radius 2 is 0.837 bits per heavy atom. The molecule has 0 unspecified atom stereocenters. The van der Waals surface area contributed by atoms with Crippen molar-refractivity contribution in [3.05, 3.63) is 124 Å². The largest absolute Gasteiger partial charge is 0.489 e. The number of rotatable bonds is 19. The number of carbonyl (C=O) groups is 4. The molecule has 3 N–H and O–H groups in total. The molecule has 6 aliphatic carbocycles. The quantitative estimate of drug-likeness (QED) is 0.0446. The van der Waals surface area contributed by atoms with E-state index < -0.39 is 5.97 Å². The van der Waals surface area contributed by atoms with E-state index in [1.54, 1.807) is 20.8 Å². The number of carboxylic acid groups (broad SMARTS) is 1. The predicted molar refractivity (Wildman–Crippen MR) is 332 cm³/mol. The average Bonchev–Trinajstić information content (AvgIpc) is 2.27. The van der Waals surface area contributed by atoms with Gasteiger partial charge in [0.05, 0.1) is 63.4 Å². The van der Waals surface area contributed by atoms with Gasteiger partial charge in [0.15, 0.2) is 0 Å². The molecule has 0 saturated heterocycles. The lowest BCUT2D eigenvalue weighted by Gasteiger charge is -2.31. The lowest BCUT2D eigenvalue weighted by molar-refractivity contribution is -0.146. The smallest absolute Gasteiger partial charge is 0.307 e. The Balaban J connectivity index is 0.000000185. The fraction of sp³-hybridized carbons (Fsp3) is 0.534. The van der Waals surface area contributed by atoms with Gasteiger partial charge in [-0.25, -0.2) is 0 Å². The van der Waals surface area contributed by atoms with Crippen LogP contribution in [0, 0.1) is 51.8 Å². The number of methoxy groups -OCH3 is 2. The molecule has 3 fully saturated rings. The molecule has 13 heteroatoms. The van der Waals surface area contributed by atoms with Crippen LogP contribution in [-0.2, 0) is 33.4 Å². The molecule has 3 aromatic carbocycles. The van der Waals surface area contributed by atoms with Gasteiger partial charge in [0.2, 0.25) is 0 Å². The van der Waals surface area contributed by atoms with E-state index >= 15 is 0 Å². The fourth-order valence-corrected chi connectivity index (χ4v) is 13.7. The second-order valence-electron chi connectivity index (χ2n) is 24.4. The van der Waals surface area contributed by atoms with Crippen molar-refractivity contribution in [2.24, 2.45) is 16.2 Å². The summed E-state index contributed by atoms with van der Waals surface area (Å²) >= 11 is 0. The summed E-state index contributed by atoms with van der Waals surface area (Å²) in [7, 11) is 2.79. The molecule has 0 radical (unpaired) electrons. The molecule has 86 heavy (non-hydrogen) atoms. The number of aliphatic hydroxyl groups is 2. The van der Waals surface area contributed by atoms with Crippen molar-refractivity contribution in [1.82, 2.24) is 0 Å². The Kier molecular flexibility index (Phi) is 25.0. The zero-order valence-electron chi connectivity index (χ0n) is 51.5. The standard InChI is InChI=1S/C26H32O5.C24H30O4.C23H28O4/c1-4-6-22(15-25(28)29-3)21-8-10-23(11-9-21)30-18-20-7-5-13-26(16-20)14-12-24(17-26)31-19(2)27;1-3-5-20(14-23(26)27-2)19-7-9-22(10-8-19)28-17-18-6-4-12-24(15-18)13-11-21(25)16-24;1-2-4-19(13-22(25)26)18-6-8-21(9-7-18)27-16-17-5-3-11-23(14-17)12-10-20(24)15-23/h8-11,16,22,24H,5,7,12-15,17-18H2,1-3H3;7-10,15,20-21,25H,4,6,11-14,16-17H2,1-2H3;6-9,14,19-20,24H,3,5,10-13,15-16H2,1H3,(H,25,26)/t22-,24-,26-;20-,21+,24-;19-,20-,23-/m000/s1. The molecule has 0 heterocycles. The van der Waals surface area contributed by atoms with Crippen LogP contribution in [0.15, 0.2) is 108 Å². The summed E-state index contributed by atoms with van der Waals surface area (Å²) < 4.78 is 33.0. The lowest BCUT2D eigenvalue weighted by Crippen LogP contribution is -2.22. The number of esters is 3. The van der Waals surface area contributed by atoms with Gasteiger partial charge in [-0.05, 0) is 222 Å². The van der Waals surface area contributed by atoms with Gasteiger partial charge in [-0.15, -0.1) is 17.8 Å². The molecule has 460 valence electrons. The zero-order chi connectivity index (χ0) is 61.5. The summed E-state index contributed by atoms with van der Waals surface area (Å²) in [6, 6.07) is 23.2. The second-order valence-corrected chi connectivity index (χ2v) is 24.4. The van der Waals surface area contributed by atoms with E-state index in [2.05, 4.69) is 53.8 Å². The molecule has 9 atom stereocenters. The van der Waals surface area contributed by atoms with Crippen LogP contribution in [0.1, 0.15) is 197 Å². The molecule has 3 spiro atoms. The van der Waals surface area contributed by atoms with E-state index in [0.717, 1.165) is 130 Å². The number of ether oxygens (including phenoxy) is 6. The van der Waals surface area contributed by atoms with Crippen molar-refractivity contribution < 1.29 is 62.9 Å². The predicted octanol–water partition coefficient (Wildman–Crippen LogP) is 13.6. The molecule has 0 amide bonds. The van der Waals surface area contributed by atoms with Crippen LogP contribution in [0.2, 0.25) is 0 Å².